The van der Waals surface area contributed by atoms with Gasteiger partial charge in [-0.05, 0) is 31.5 Å². The monoisotopic (exact) mass is 256 g/mol. The highest BCUT2D eigenvalue weighted by Gasteiger charge is 2.12. The number of anilines is 1. The van der Waals surface area contributed by atoms with Crippen LogP contribution >= 0.6 is 0 Å². The fourth-order valence-electron chi connectivity index (χ4n) is 2.78. The molecule has 1 fully saturated rings. The van der Waals surface area contributed by atoms with Crippen LogP contribution in [0.5, 0.6) is 5.75 Å². The van der Waals surface area contributed by atoms with Gasteiger partial charge in [0.2, 0.25) is 0 Å². The second-order valence-corrected chi connectivity index (χ2v) is 5.21. The first-order chi connectivity index (χ1) is 9.34. The zero-order valence-corrected chi connectivity index (χ0v) is 11.0. The van der Waals surface area contributed by atoms with Crippen molar-refractivity contribution in [2.75, 3.05) is 18.4 Å². The number of nitrogens with one attached hydrogen (secondary N) is 2. The summed E-state index contributed by atoms with van der Waals surface area (Å²) in [7, 11) is 0. The van der Waals surface area contributed by atoms with Crippen molar-refractivity contribution in [2.24, 2.45) is 0 Å². The number of piperidine rings is 1. The Morgan fingerprint density at radius 2 is 1.95 bits per heavy atom. The van der Waals surface area contributed by atoms with E-state index in [0.717, 1.165) is 29.5 Å². The van der Waals surface area contributed by atoms with Crippen molar-refractivity contribution >= 4 is 16.5 Å². The van der Waals surface area contributed by atoms with E-state index < -0.39 is 0 Å². The Bertz CT molecular complexity index is 562. The molecule has 0 aromatic heterocycles. The zero-order valence-electron chi connectivity index (χ0n) is 11.0. The van der Waals surface area contributed by atoms with E-state index in [1.165, 1.54) is 19.3 Å². The Labute approximate surface area is 113 Å². The molecule has 0 radical (unpaired) electrons. The molecule has 1 aliphatic rings. The minimum atomic E-state index is 0.344. The summed E-state index contributed by atoms with van der Waals surface area (Å²) in [5.74, 6) is 0.344. The van der Waals surface area contributed by atoms with Gasteiger partial charge in [-0.1, -0.05) is 30.7 Å². The Kier molecular flexibility index (Phi) is 3.56. The van der Waals surface area contributed by atoms with Gasteiger partial charge in [0.25, 0.3) is 0 Å². The van der Waals surface area contributed by atoms with Crippen LogP contribution in [0.4, 0.5) is 5.69 Å². The number of fused-ring (bicyclic) bond motifs is 1. The Balaban J connectivity index is 1.79. The average Bonchev–Trinajstić information content (AvgIpc) is 2.47. The molecular weight excluding hydrogens is 236 g/mol. The third kappa shape index (κ3) is 2.66. The van der Waals surface area contributed by atoms with Crippen LogP contribution in [-0.4, -0.2) is 24.2 Å². The van der Waals surface area contributed by atoms with Crippen molar-refractivity contribution in [1.82, 2.24) is 5.32 Å². The summed E-state index contributed by atoms with van der Waals surface area (Å²) in [5.41, 5.74) is 1.10. The molecule has 3 heteroatoms. The van der Waals surface area contributed by atoms with Gasteiger partial charge in [-0.2, -0.15) is 0 Å². The second kappa shape index (κ2) is 5.49. The molecule has 0 spiro atoms. The van der Waals surface area contributed by atoms with Crippen molar-refractivity contribution in [2.45, 2.75) is 25.3 Å². The third-order valence-electron chi connectivity index (χ3n) is 3.85. The fraction of sp³-hybridized carbons (Fsp3) is 0.375. The molecule has 0 saturated carbocycles. The maximum atomic E-state index is 9.87. The predicted molar refractivity (Wildman–Crippen MR) is 79.7 cm³/mol. The first-order valence-corrected chi connectivity index (χ1v) is 7.02. The second-order valence-electron chi connectivity index (χ2n) is 5.21. The molecule has 0 amide bonds. The van der Waals surface area contributed by atoms with E-state index in [1.807, 2.05) is 24.3 Å². The Morgan fingerprint density at radius 3 is 2.79 bits per heavy atom. The quantitative estimate of drug-likeness (QED) is 0.790. The van der Waals surface area contributed by atoms with Gasteiger partial charge < -0.3 is 15.7 Å². The van der Waals surface area contributed by atoms with Crippen molar-refractivity contribution in [3.8, 4) is 5.75 Å². The third-order valence-corrected chi connectivity index (χ3v) is 3.85. The van der Waals surface area contributed by atoms with Crippen molar-refractivity contribution < 1.29 is 5.11 Å². The summed E-state index contributed by atoms with van der Waals surface area (Å²) < 4.78 is 0. The summed E-state index contributed by atoms with van der Waals surface area (Å²) in [6, 6.07) is 12.2. The van der Waals surface area contributed by atoms with Gasteiger partial charge in [-0.3, -0.25) is 0 Å². The number of aromatic hydroxyl groups is 1. The van der Waals surface area contributed by atoms with Gasteiger partial charge in [0.1, 0.15) is 5.75 Å². The maximum Gasteiger partial charge on any atom is 0.123 e. The molecule has 1 heterocycles. The van der Waals surface area contributed by atoms with Crippen molar-refractivity contribution in [1.29, 1.82) is 0 Å². The number of phenolic OH excluding ortho intramolecular Hbond substituents is 1. The predicted octanol–water partition coefficient (Wildman–Crippen LogP) is 3.10. The maximum absolute atomic E-state index is 9.87. The molecule has 3 N–H and O–H groups in total. The Morgan fingerprint density at radius 1 is 1.11 bits per heavy atom. The van der Waals surface area contributed by atoms with Gasteiger partial charge in [0.05, 0.1) is 0 Å². The molecule has 1 aliphatic heterocycles. The van der Waals surface area contributed by atoms with E-state index in [2.05, 4.69) is 16.7 Å². The molecule has 2 aromatic carbocycles. The van der Waals surface area contributed by atoms with E-state index in [9.17, 15) is 5.11 Å². The van der Waals surface area contributed by atoms with Crippen LogP contribution < -0.4 is 10.6 Å². The highest BCUT2D eigenvalue weighted by Crippen LogP contribution is 2.29. The molecular formula is C16H20N2O. The number of hydrogen-bond donors (Lipinski definition) is 3. The first kappa shape index (κ1) is 12.3. The number of hydrogen-bond acceptors (Lipinski definition) is 3. The molecule has 1 saturated heterocycles. The lowest BCUT2D eigenvalue weighted by Crippen LogP contribution is -2.39. The van der Waals surface area contributed by atoms with Gasteiger partial charge in [0, 0.05) is 29.0 Å². The van der Waals surface area contributed by atoms with Crippen molar-refractivity contribution in [3.05, 3.63) is 36.4 Å². The standard InChI is InChI=1S/C16H20N2O/c19-16-9-4-6-13-14(16)7-3-8-15(13)18-11-12-5-1-2-10-17-12/h3-4,6-9,12,17-19H,1-2,5,10-11H2. The number of phenols is 1. The van der Waals surface area contributed by atoms with Crippen LogP contribution in [0.15, 0.2) is 36.4 Å². The minimum absolute atomic E-state index is 0.344. The van der Waals surface area contributed by atoms with E-state index in [0.29, 0.717) is 11.8 Å². The fourth-order valence-corrected chi connectivity index (χ4v) is 2.78. The zero-order chi connectivity index (χ0) is 13.1. The highest BCUT2D eigenvalue weighted by molar-refractivity contribution is 5.97. The molecule has 100 valence electrons. The van der Waals surface area contributed by atoms with Gasteiger partial charge in [-0.15, -0.1) is 0 Å². The first-order valence-electron chi connectivity index (χ1n) is 7.02. The van der Waals surface area contributed by atoms with Crippen LogP contribution in [0, 0.1) is 0 Å². The number of benzene rings is 2. The van der Waals surface area contributed by atoms with E-state index in [-0.39, 0.29) is 0 Å². The smallest absolute Gasteiger partial charge is 0.123 e. The lowest BCUT2D eigenvalue weighted by Gasteiger charge is -2.24. The molecule has 0 aliphatic carbocycles. The largest absolute Gasteiger partial charge is 0.507 e. The average molecular weight is 256 g/mol. The molecule has 3 rings (SSSR count). The van der Waals surface area contributed by atoms with E-state index in [4.69, 9.17) is 0 Å². The van der Waals surface area contributed by atoms with Crippen LogP contribution in [0.3, 0.4) is 0 Å². The summed E-state index contributed by atoms with van der Waals surface area (Å²) >= 11 is 0. The van der Waals surface area contributed by atoms with Crippen LogP contribution in [0.2, 0.25) is 0 Å². The summed E-state index contributed by atoms with van der Waals surface area (Å²) in [5, 5.41) is 18.9. The van der Waals surface area contributed by atoms with Crippen LogP contribution in [0.25, 0.3) is 10.8 Å². The van der Waals surface area contributed by atoms with E-state index in [1.54, 1.807) is 6.07 Å². The normalized spacial score (nSPS) is 19.5. The highest BCUT2D eigenvalue weighted by atomic mass is 16.3. The Hall–Kier alpha value is -1.74. The van der Waals surface area contributed by atoms with Gasteiger partial charge in [-0.25, -0.2) is 0 Å². The lowest BCUT2D eigenvalue weighted by molar-refractivity contribution is 0.414. The summed E-state index contributed by atoms with van der Waals surface area (Å²) in [4.78, 5) is 0. The molecule has 2 aromatic rings. The van der Waals surface area contributed by atoms with Gasteiger partial charge in [0.15, 0.2) is 0 Å². The molecule has 1 atom stereocenters. The summed E-state index contributed by atoms with van der Waals surface area (Å²) in [6.45, 7) is 2.07. The summed E-state index contributed by atoms with van der Waals surface area (Å²) in [6.07, 6.45) is 3.84. The minimum Gasteiger partial charge on any atom is -0.507 e. The molecule has 1 unspecified atom stereocenters. The van der Waals surface area contributed by atoms with Crippen LogP contribution in [-0.2, 0) is 0 Å². The lowest BCUT2D eigenvalue weighted by atomic mass is 10.0. The molecule has 0 bridgehead atoms. The molecule has 19 heavy (non-hydrogen) atoms. The SMILES string of the molecule is Oc1cccc2c(NCC3CCCCN3)cccc12. The molecule has 3 nitrogen and oxygen atoms in total. The number of rotatable bonds is 3. The van der Waals surface area contributed by atoms with E-state index >= 15 is 0 Å². The topological polar surface area (TPSA) is 44.3 Å². The van der Waals surface area contributed by atoms with Crippen LogP contribution in [0.1, 0.15) is 19.3 Å². The van der Waals surface area contributed by atoms with Gasteiger partial charge >= 0.3 is 0 Å². The van der Waals surface area contributed by atoms with Crippen molar-refractivity contribution in [3.63, 3.8) is 0 Å².